The highest BCUT2D eigenvalue weighted by Crippen LogP contribution is 2.15. The normalized spacial score (nSPS) is 12.1. The summed E-state index contributed by atoms with van der Waals surface area (Å²) in [5.74, 6) is -0.313. The molecular formula is C16H29IO2. The van der Waals surface area contributed by atoms with Crippen molar-refractivity contribution in [3.63, 3.8) is 0 Å². The molecule has 0 saturated carbocycles. The van der Waals surface area contributed by atoms with E-state index in [2.05, 4.69) is 36.1 Å². The van der Waals surface area contributed by atoms with Crippen LogP contribution in [0.2, 0.25) is 0 Å². The van der Waals surface area contributed by atoms with Crippen molar-refractivity contribution in [3.05, 3.63) is 12.7 Å². The van der Waals surface area contributed by atoms with Gasteiger partial charge in [0.2, 0.25) is 0 Å². The van der Waals surface area contributed by atoms with Crippen LogP contribution in [0.5, 0.6) is 0 Å². The maximum atomic E-state index is 11.0. The van der Waals surface area contributed by atoms with E-state index in [1.807, 2.05) is 0 Å². The lowest BCUT2D eigenvalue weighted by molar-refractivity contribution is -0.138. The Bertz CT molecular complexity index is 229. The molecule has 0 aliphatic rings. The van der Waals surface area contributed by atoms with Crippen LogP contribution in [0.25, 0.3) is 0 Å². The monoisotopic (exact) mass is 380 g/mol. The summed E-state index contributed by atoms with van der Waals surface area (Å²) in [5, 5.41) is 0. The van der Waals surface area contributed by atoms with Gasteiger partial charge in [0.15, 0.2) is 4.11 Å². The van der Waals surface area contributed by atoms with Crippen LogP contribution in [0.3, 0.4) is 0 Å². The van der Waals surface area contributed by atoms with Crippen LogP contribution < -0.4 is 0 Å². The van der Waals surface area contributed by atoms with Crippen LogP contribution in [0, 0.1) is 0 Å². The van der Waals surface area contributed by atoms with Gasteiger partial charge in [-0.25, -0.2) is 4.79 Å². The average Bonchev–Trinajstić information content (AvgIpc) is 2.40. The topological polar surface area (TPSA) is 26.3 Å². The first-order valence-corrected chi connectivity index (χ1v) is 8.92. The Balaban J connectivity index is 3.18. The van der Waals surface area contributed by atoms with Gasteiger partial charge in [0.25, 0.3) is 0 Å². The maximum absolute atomic E-state index is 11.0. The molecule has 0 amide bonds. The smallest absolute Gasteiger partial charge is 0.331 e. The molecule has 0 aliphatic heterocycles. The fraction of sp³-hybridized carbons (Fsp3) is 0.812. The average molecular weight is 380 g/mol. The van der Waals surface area contributed by atoms with Gasteiger partial charge in [0.1, 0.15) is 0 Å². The number of hydrogen-bond acceptors (Lipinski definition) is 2. The van der Waals surface area contributed by atoms with Crippen molar-refractivity contribution < 1.29 is 9.53 Å². The Morgan fingerprint density at radius 1 is 1.05 bits per heavy atom. The first kappa shape index (κ1) is 18.9. The number of ether oxygens (including phenoxy) is 1. The zero-order chi connectivity index (χ0) is 14.3. The Hall–Kier alpha value is -0.0600. The van der Waals surface area contributed by atoms with Crippen molar-refractivity contribution in [1.82, 2.24) is 0 Å². The minimum absolute atomic E-state index is 0.00264. The van der Waals surface area contributed by atoms with Crippen molar-refractivity contribution in [2.45, 2.75) is 81.7 Å². The minimum atomic E-state index is -0.313. The molecule has 0 aromatic carbocycles. The fourth-order valence-electron chi connectivity index (χ4n) is 2.03. The van der Waals surface area contributed by atoms with E-state index in [9.17, 15) is 4.79 Å². The second-order valence-corrected chi connectivity index (χ2v) is 6.41. The molecule has 0 heterocycles. The zero-order valence-corrected chi connectivity index (χ0v) is 14.5. The molecule has 1 atom stereocenters. The van der Waals surface area contributed by atoms with E-state index in [4.69, 9.17) is 4.74 Å². The maximum Gasteiger partial charge on any atom is 0.331 e. The molecule has 19 heavy (non-hydrogen) atoms. The molecule has 3 heteroatoms. The molecule has 0 rings (SSSR count). The van der Waals surface area contributed by atoms with E-state index >= 15 is 0 Å². The highest BCUT2D eigenvalue weighted by molar-refractivity contribution is 14.1. The summed E-state index contributed by atoms with van der Waals surface area (Å²) in [7, 11) is 0. The van der Waals surface area contributed by atoms with E-state index in [1.54, 1.807) is 0 Å². The summed E-state index contributed by atoms with van der Waals surface area (Å²) in [6, 6.07) is 0. The van der Waals surface area contributed by atoms with Crippen LogP contribution in [0.1, 0.15) is 77.6 Å². The third-order valence-corrected chi connectivity index (χ3v) is 4.07. The van der Waals surface area contributed by atoms with Gasteiger partial charge in [-0.2, -0.15) is 0 Å². The molecule has 112 valence electrons. The predicted octanol–water partition coefficient (Wildman–Crippen LogP) is 5.79. The number of rotatable bonds is 13. The van der Waals surface area contributed by atoms with E-state index in [-0.39, 0.29) is 10.1 Å². The number of hydrogen-bond donors (Lipinski definition) is 0. The van der Waals surface area contributed by atoms with Gasteiger partial charge >= 0.3 is 5.97 Å². The number of carbonyl (C=O) groups is 1. The number of alkyl halides is 1. The molecule has 0 spiro atoms. The molecule has 0 radical (unpaired) electrons. The van der Waals surface area contributed by atoms with Crippen LogP contribution in [0.4, 0.5) is 0 Å². The Morgan fingerprint density at radius 2 is 1.53 bits per heavy atom. The minimum Gasteiger partial charge on any atom is -0.449 e. The summed E-state index contributed by atoms with van der Waals surface area (Å²) in [6.45, 7) is 5.65. The summed E-state index contributed by atoms with van der Waals surface area (Å²) >= 11 is 2.18. The van der Waals surface area contributed by atoms with Crippen molar-refractivity contribution in [2.75, 3.05) is 0 Å². The Kier molecular flexibility index (Phi) is 14.3. The second kappa shape index (κ2) is 14.4. The molecule has 2 nitrogen and oxygen atoms in total. The first-order valence-electron chi connectivity index (χ1n) is 7.67. The number of carbonyl (C=O) groups excluding carboxylic acids is 1. The fourth-order valence-corrected chi connectivity index (χ4v) is 2.72. The van der Waals surface area contributed by atoms with Crippen LogP contribution >= 0.6 is 22.6 Å². The third-order valence-electron chi connectivity index (χ3n) is 3.20. The predicted molar refractivity (Wildman–Crippen MR) is 90.6 cm³/mol. The molecule has 0 saturated heterocycles. The molecule has 0 aromatic rings. The van der Waals surface area contributed by atoms with E-state index in [0.717, 1.165) is 12.8 Å². The highest BCUT2D eigenvalue weighted by atomic mass is 127. The molecule has 1 unspecified atom stereocenters. The number of esters is 1. The summed E-state index contributed by atoms with van der Waals surface area (Å²) in [5.41, 5.74) is 0. The number of unbranched alkanes of at least 4 members (excludes halogenated alkanes) is 9. The van der Waals surface area contributed by atoms with E-state index in [1.165, 1.54) is 63.9 Å². The van der Waals surface area contributed by atoms with Crippen LogP contribution in [-0.2, 0) is 9.53 Å². The van der Waals surface area contributed by atoms with Gasteiger partial charge in [0.05, 0.1) is 0 Å². The highest BCUT2D eigenvalue weighted by Gasteiger charge is 2.07. The molecular weight excluding hydrogens is 351 g/mol. The summed E-state index contributed by atoms with van der Waals surface area (Å²) in [4.78, 5) is 11.0. The van der Waals surface area contributed by atoms with Gasteiger partial charge < -0.3 is 4.74 Å². The van der Waals surface area contributed by atoms with Crippen LogP contribution in [-0.4, -0.2) is 10.1 Å². The van der Waals surface area contributed by atoms with Crippen molar-refractivity contribution in [3.8, 4) is 0 Å². The molecule has 0 bridgehead atoms. The van der Waals surface area contributed by atoms with Gasteiger partial charge in [-0.1, -0.05) is 71.3 Å². The quantitative estimate of drug-likeness (QED) is 0.133. The van der Waals surface area contributed by atoms with Crippen molar-refractivity contribution in [2.24, 2.45) is 0 Å². The lowest BCUT2D eigenvalue weighted by atomic mass is 10.1. The number of halogens is 1. The molecule has 0 N–H and O–H groups in total. The lowest BCUT2D eigenvalue weighted by Gasteiger charge is -2.09. The van der Waals surface area contributed by atoms with E-state index < -0.39 is 0 Å². The first-order chi connectivity index (χ1) is 9.20. The largest absolute Gasteiger partial charge is 0.449 e. The molecule has 0 aromatic heterocycles. The summed E-state index contributed by atoms with van der Waals surface area (Å²) < 4.78 is 5.11. The molecule has 0 fully saturated rings. The van der Waals surface area contributed by atoms with Crippen LogP contribution in [0.15, 0.2) is 12.7 Å². The van der Waals surface area contributed by atoms with Gasteiger partial charge in [0, 0.05) is 6.08 Å². The second-order valence-electron chi connectivity index (χ2n) is 5.02. The summed E-state index contributed by atoms with van der Waals surface area (Å²) in [6.07, 6.45) is 15.5. The van der Waals surface area contributed by atoms with Crippen molar-refractivity contribution in [1.29, 1.82) is 0 Å². The van der Waals surface area contributed by atoms with E-state index in [0.29, 0.717) is 0 Å². The van der Waals surface area contributed by atoms with Gasteiger partial charge in [-0.05, 0) is 35.4 Å². The standard InChI is InChI=1S/C16H29IO2/c1-3-5-6-7-8-9-10-11-12-13-14-15(17)19-16(18)4-2/h4,15H,2-3,5-14H2,1H3. The van der Waals surface area contributed by atoms with Gasteiger partial charge in [-0.3, -0.25) is 0 Å². The zero-order valence-electron chi connectivity index (χ0n) is 12.3. The Labute approximate surface area is 132 Å². The SMILES string of the molecule is C=CC(=O)OC(I)CCCCCCCCCCCC. The molecule has 0 aliphatic carbocycles. The van der Waals surface area contributed by atoms with Gasteiger partial charge in [-0.15, -0.1) is 0 Å². The Morgan fingerprint density at radius 3 is 2.00 bits per heavy atom. The third kappa shape index (κ3) is 14.2. The van der Waals surface area contributed by atoms with Crippen molar-refractivity contribution >= 4 is 28.6 Å². The lowest BCUT2D eigenvalue weighted by Crippen LogP contribution is -2.09.